The molecule has 0 amide bonds. The maximum atomic E-state index is 5.88. The van der Waals surface area contributed by atoms with E-state index in [0.717, 1.165) is 5.75 Å². The van der Waals surface area contributed by atoms with Crippen LogP contribution < -0.4 is 10.5 Å². The van der Waals surface area contributed by atoms with E-state index in [4.69, 9.17) is 10.5 Å². The fourth-order valence-corrected chi connectivity index (χ4v) is 1.65. The third-order valence-corrected chi connectivity index (χ3v) is 2.75. The van der Waals surface area contributed by atoms with Crippen molar-refractivity contribution >= 4 is 0 Å². The number of hydrogen-bond acceptors (Lipinski definition) is 2. The quantitative estimate of drug-likeness (QED) is 0.820. The minimum atomic E-state index is 0.464. The fraction of sp³-hybridized carbons (Fsp3) is 0.538. The minimum absolute atomic E-state index is 0.464. The summed E-state index contributed by atoms with van der Waals surface area (Å²) in [5.74, 6) is 1.54. The molecule has 82 valence electrons. The summed E-state index contributed by atoms with van der Waals surface area (Å²) >= 11 is 0. The summed E-state index contributed by atoms with van der Waals surface area (Å²) in [4.78, 5) is 0. The average molecular weight is 205 g/mol. The smallest absolute Gasteiger partial charge is 0.123 e. The Hall–Kier alpha value is -1.02. The first-order chi connectivity index (χ1) is 7.20. The molecule has 2 nitrogen and oxygen atoms in total. The molecule has 1 aromatic carbocycles. The van der Waals surface area contributed by atoms with E-state index >= 15 is 0 Å². The lowest BCUT2D eigenvalue weighted by Crippen LogP contribution is -2.03. The maximum absolute atomic E-state index is 5.88. The Labute approximate surface area is 91.4 Å². The highest BCUT2D eigenvalue weighted by Crippen LogP contribution is 2.33. The van der Waals surface area contributed by atoms with E-state index in [9.17, 15) is 0 Å². The van der Waals surface area contributed by atoms with Gasteiger partial charge in [0.1, 0.15) is 5.75 Å². The van der Waals surface area contributed by atoms with Crippen LogP contribution in [0.1, 0.15) is 43.7 Å². The van der Waals surface area contributed by atoms with Crippen molar-refractivity contribution < 1.29 is 4.74 Å². The molecule has 1 aliphatic carbocycles. The van der Waals surface area contributed by atoms with Gasteiger partial charge < -0.3 is 10.5 Å². The molecule has 0 saturated heterocycles. The van der Waals surface area contributed by atoms with Crippen LogP contribution in [0.3, 0.4) is 0 Å². The Morgan fingerprint density at radius 1 is 1.40 bits per heavy atom. The van der Waals surface area contributed by atoms with E-state index < -0.39 is 0 Å². The normalized spacial score (nSPS) is 15.7. The molecule has 0 bridgehead atoms. The lowest BCUT2D eigenvalue weighted by atomic mass is 9.99. The van der Waals surface area contributed by atoms with Crippen LogP contribution in [0.5, 0.6) is 5.75 Å². The van der Waals surface area contributed by atoms with Gasteiger partial charge in [0.05, 0.1) is 6.10 Å². The van der Waals surface area contributed by atoms with Crippen LogP contribution in [0.4, 0.5) is 0 Å². The van der Waals surface area contributed by atoms with Crippen LogP contribution in [0.15, 0.2) is 18.2 Å². The number of nitrogens with two attached hydrogens (primary N) is 1. The van der Waals surface area contributed by atoms with Crippen molar-refractivity contribution in [1.29, 1.82) is 0 Å². The highest BCUT2D eigenvalue weighted by Gasteiger charge is 2.24. The van der Waals surface area contributed by atoms with Crippen LogP contribution in [0, 0.1) is 0 Å². The molecule has 15 heavy (non-hydrogen) atoms. The molecule has 2 rings (SSSR count). The molecule has 2 N–H and O–H groups in total. The van der Waals surface area contributed by atoms with Gasteiger partial charge >= 0.3 is 0 Å². The van der Waals surface area contributed by atoms with Gasteiger partial charge in [0, 0.05) is 6.54 Å². The standard InChI is InChI=1S/C13H19NO/c1-9(2)12-7-10(8-14)3-6-13(12)15-11-4-5-11/h3,6-7,9,11H,4-5,8,14H2,1-2H3. The van der Waals surface area contributed by atoms with Crippen molar-refractivity contribution in [3.63, 3.8) is 0 Å². The van der Waals surface area contributed by atoms with Crippen molar-refractivity contribution in [3.05, 3.63) is 29.3 Å². The summed E-state index contributed by atoms with van der Waals surface area (Å²) in [6.07, 6.45) is 2.87. The molecule has 0 unspecified atom stereocenters. The van der Waals surface area contributed by atoms with Gasteiger partial charge in [-0.3, -0.25) is 0 Å². The second-order valence-corrected chi connectivity index (χ2v) is 4.55. The van der Waals surface area contributed by atoms with E-state index in [1.165, 1.54) is 24.0 Å². The molecule has 0 atom stereocenters. The van der Waals surface area contributed by atoms with Gasteiger partial charge in [0.15, 0.2) is 0 Å². The van der Waals surface area contributed by atoms with Gasteiger partial charge in [0.2, 0.25) is 0 Å². The summed E-state index contributed by atoms with van der Waals surface area (Å²) in [6.45, 7) is 4.98. The Bertz CT molecular complexity index is 342. The SMILES string of the molecule is CC(C)c1cc(CN)ccc1OC1CC1. The van der Waals surface area contributed by atoms with Gasteiger partial charge in [-0.1, -0.05) is 26.0 Å². The van der Waals surface area contributed by atoms with E-state index in [2.05, 4.69) is 32.0 Å². The predicted molar refractivity (Wildman–Crippen MR) is 62.1 cm³/mol. The summed E-state index contributed by atoms with van der Waals surface area (Å²) in [6, 6.07) is 6.29. The molecule has 1 aromatic rings. The summed E-state index contributed by atoms with van der Waals surface area (Å²) in [7, 11) is 0. The molecule has 0 aliphatic heterocycles. The summed E-state index contributed by atoms with van der Waals surface area (Å²) in [5, 5.41) is 0. The largest absolute Gasteiger partial charge is 0.490 e. The molecular formula is C13H19NO. The zero-order chi connectivity index (χ0) is 10.8. The summed E-state index contributed by atoms with van der Waals surface area (Å²) < 4.78 is 5.88. The maximum Gasteiger partial charge on any atom is 0.123 e. The molecular weight excluding hydrogens is 186 g/mol. The Morgan fingerprint density at radius 2 is 2.13 bits per heavy atom. The molecule has 0 heterocycles. The van der Waals surface area contributed by atoms with Crippen LogP contribution >= 0.6 is 0 Å². The molecule has 0 aromatic heterocycles. The molecule has 1 saturated carbocycles. The van der Waals surface area contributed by atoms with Gasteiger partial charge in [-0.25, -0.2) is 0 Å². The monoisotopic (exact) mass is 205 g/mol. The molecule has 1 fully saturated rings. The van der Waals surface area contributed by atoms with Crippen LogP contribution in [0.25, 0.3) is 0 Å². The first-order valence-electron chi connectivity index (χ1n) is 5.70. The van der Waals surface area contributed by atoms with Gasteiger partial charge in [0.25, 0.3) is 0 Å². The van der Waals surface area contributed by atoms with E-state index in [1.54, 1.807) is 0 Å². The van der Waals surface area contributed by atoms with Crippen molar-refractivity contribution in [3.8, 4) is 5.75 Å². The number of ether oxygens (including phenoxy) is 1. The number of hydrogen-bond donors (Lipinski definition) is 1. The number of rotatable bonds is 4. The lowest BCUT2D eigenvalue weighted by molar-refractivity contribution is 0.299. The Kier molecular flexibility index (Phi) is 2.96. The van der Waals surface area contributed by atoms with E-state index in [1.807, 2.05) is 0 Å². The van der Waals surface area contributed by atoms with Crippen molar-refractivity contribution in [2.24, 2.45) is 5.73 Å². The molecule has 1 aliphatic rings. The minimum Gasteiger partial charge on any atom is -0.490 e. The van der Waals surface area contributed by atoms with Crippen molar-refractivity contribution in [2.45, 2.75) is 45.3 Å². The van der Waals surface area contributed by atoms with Gasteiger partial charge in [-0.15, -0.1) is 0 Å². The lowest BCUT2D eigenvalue weighted by Gasteiger charge is -2.14. The highest BCUT2D eigenvalue weighted by molar-refractivity contribution is 5.39. The second kappa shape index (κ2) is 4.23. The third-order valence-electron chi connectivity index (χ3n) is 2.75. The Balaban J connectivity index is 2.25. The molecule has 0 radical (unpaired) electrons. The fourth-order valence-electron chi connectivity index (χ4n) is 1.65. The van der Waals surface area contributed by atoms with Crippen molar-refractivity contribution in [2.75, 3.05) is 0 Å². The first-order valence-corrected chi connectivity index (χ1v) is 5.70. The van der Waals surface area contributed by atoms with Gasteiger partial charge in [-0.2, -0.15) is 0 Å². The van der Waals surface area contributed by atoms with Crippen molar-refractivity contribution in [1.82, 2.24) is 0 Å². The van der Waals surface area contributed by atoms with Crippen LogP contribution in [-0.2, 0) is 6.54 Å². The number of benzene rings is 1. The predicted octanol–water partition coefficient (Wildman–Crippen LogP) is 2.81. The Morgan fingerprint density at radius 3 is 2.67 bits per heavy atom. The third kappa shape index (κ3) is 2.51. The van der Waals surface area contributed by atoms with E-state index in [0.29, 0.717) is 18.6 Å². The molecule has 0 spiro atoms. The zero-order valence-electron chi connectivity index (χ0n) is 9.49. The second-order valence-electron chi connectivity index (χ2n) is 4.55. The molecule has 2 heteroatoms. The first kappa shape index (κ1) is 10.5. The summed E-state index contributed by atoms with van der Waals surface area (Å²) in [5.41, 5.74) is 8.11. The highest BCUT2D eigenvalue weighted by atomic mass is 16.5. The van der Waals surface area contributed by atoms with Crippen LogP contribution in [-0.4, -0.2) is 6.10 Å². The topological polar surface area (TPSA) is 35.2 Å². The van der Waals surface area contributed by atoms with E-state index in [-0.39, 0.29) is 0 Å². The van der Waals surface area contributed by atoms with Crippen LogP contribution in [0.2, 0.25) is 0 Å². The van der Waals surface area contributed by atoms with Gasteiger partial charge in [-0.05, 0) is 36.0 Å². The zero-order valence-corrected chi connectivity index (χ0v) is 9.49. The average Bonchev–Trinajstić information content (AvgIpc) is 3.02.